The Morgan fingerprint density at radius 3 is 2.69 bits per heavy atom. The molecule has 1 aliphatic rings. The minimum Gasteiger partial charge on any atom is -0.480 e. The van der Waals surface area contributed by atoms with Crippen LogP contribution in [0.2, 0.25) is 5.02 Å². The molecule has 0 aliphatic carbocycles. The number of fused-ring (bicyclic) bond motifs is 1. The van der Waals surface area contributed by atoms with Gasteiger partial charge in [0.1, 0.15) is 6.54 Å². The van der Waals surface area contributed by atoms with E-state index in [0.29, 0.717) is 21.9 Å². The van der Waals surface area contributed by atoms with Crippen LogP contribution in [0.3, 0.4) is 0 Å². The summed E-state index contributed by atoms with van der Waals surface area (Å²) in [5.41, 5.74) is 3.48. The number of halogens is 1. The van der Waals surface area contributed by atoms with E-state index in [9.17, 15) is 9.59 Å². The van der Waals surface area contributed by atoms with Crippen molar-refractivity contribution in [2.24, 2.45) is 0 Å². The molecule has 4 rings (SSSR count). The SMILES string of the molecule is CC(Oc1nc2nc(-c3ccc(N4CCOCC4)cc3)c(Cl)cc2[nH]1)C(=O)NCC(=O)O. The molecule has 1 aromatic carbocycles. The van der Waals surface area contributed by atoms with Crippen LogP contribution >= 0.6 is 11.6 Å². The number of carbonyl (C=O) groups is 2. The van der Waals surface area contributed by atoms with Crippen LogP contribution in [-0.4, -0.2) is 70.9 Å². The number of H-pyrrole nitrogens is 1. The zero-order valence-electron chi connectivity index (χ0n) is 17.3. The molecule has 3 N–H and O–H groups in total. The van der Waals surface area contributed by atoms with E-state index >= 15 is 0 Å². The minimum absolute atomic E-state index is 0.0846. The Hall–Kier alpha value is -3.37. The van der Waals surface area contributed by atoms with E-state index in [1.807, 2.05) is 24.3 Å². The van der Waals surface area contributed by atoms with Gasteiger partial charge in [-0.2, -0.15) is 4.98 Å². The maximum atomic E-state index is 11.9. The minimum atomic E-state index is -1.14. The smallest absolute Gasteiger partial charge is 0.322 e. The van der Waals surface area contributed by atoms with Gasteiger partial charge in [0.15, 0.2) is 11.8 Å². The molecule has 10 nitrogen and oxygen atoms in total. The summed E-state index contributed by atoms with van der Waals surface area (Å²) in [6.07, 6.45) is -0.947. The standard InChI is InChI=1S/C21H22ClN5O5/c1-12(20(30)23-11-17(28)29)32-21-24-16-10-15(22)18(25-19(16)26-21)13-2-4-14(5-3-13)27-6-8-31-9-7-27/h2-5,10,12H,6-9,11H2,1H3,(H,23,30)(H,28,29)(H,24,25,26). The Balaban J connectivity index is 1.51. The fraction of sp³-hybridized carbons (Fsp3) is 0.333. The molecule has 2 aromatic heterocycles. The molecule has 1 fully saturated rings. The van der Waals surface area contributed by atoms with E-state index in [0.717, 1.165) is 37.6 Å². The Labute approximate surface area is 188 Å². The summed E-state index contributed by atoms with van der Waals surface area (Å²) >= 11 is 6.46. The highest BCUT2D eigenvalue weighted by Crippen LogP contribution is 2.31. The molecule has 11 heteroatoms. The average molecular weight is 460 g/mol. The molecule has 168 valence electrons. The van der Waals surface area contributed by atoms with Crippen LogP contribution in [0.25, 0.3) is 22.4 Å². The third-order valence-corrected chi connectivity index (χ3v) is 5.28. The molecule has 1 saturated heterocycles. The first kappa shape index (κ1) is 21.8. The molecule has 1 atom stereocenters. The lowest BCUT2D eigenvalue weighted by Gasteiger charge is -2.28. The molecule has 32 heavy (non-hydrogen) atoms. The van der Waals surface area contributed by atoms with Crippen molar-refractivity contribution in [1.29, 1.82) is 0 Å². The monoisotopic (exact) mass is 459 g/mol. The van der Waals surface area contributed by atoms with E-state index in [2.05, 4.69) is 25.2 Å². The number of hydrogen-bond acceptors (Lipinski definition) is 7. The zero-order valence-corrected chi connectivity index (χ0v) is 18.1. The first-order valence-corrected chi connectivity index (χ1v) is 10.4. The number of nitrogens with zero attached hydrogens (tertiary/aromatic N) is 3. The first-order chi connectivity index (χ1) is 15.4. The molecule has 0 radical (unpaired) electrons. The zero-order chi connectivity index (χ0) is 22.7. The Morgan fingerprint density at radius 1 is 1.28 bits per heavy atom. The Bertz CT molecular complexity index is 1130. The van der Waals surface area contributed by atoms with Gasteiger partial charge >= 0.3 is 5.97 Å². The third-order valence-electron chi connectivity index (χ3n) is 4.99. The van der Waals surface area contributed by atoms with Crippen LogP contribution in [-0.2, 0) is 14.3 Å². The lowest BCUT2D eigenvalue weighted by Crippen LogP contribution is -2.39. The van der Waals surface area contributed by atoms with Crippen molar-refractivity contribution in [2.45, 2.75) is 13.0 Å². The predicted molar refractivity (Wildman–Crippen MR) is 118 cm³/mol. The van der Waals surface area contributed by atoms with Gasteiger partial charge in [-0.1, -0.05) is 23.7 Å². The molecule has 1 amide bonds. The average Bonchev–Trinajstić information content (AvgIpc) is 3.18. The summed E-state index contributed by atoms with van der Waals surface area (Å²) in [7, 11) is 0. The summed E-state index contributed by atoms with van der Waals surface area (Å²) in [4.78, 5) is 36.5. The maximum absolute atomic E-state index is 11.9. The van der Waals surface area contributed by atoms with Gasteiger partial charge in [0.25, 0.3) is 11.9 Å². The summed E-state index contributed by atoms with van der Waals surface area (Å²) < 4.78 is 10.9. The number of aromatic amines is 1. The van der Waals surface area contributed by atoms with Crippen molar-refractivity contribution < 1.29 is 24.2 Å². The lowest BCUT2D eigenvalue weighted by atomic mass is 10.1. The second-order valence-corrected chi connectivity index (χ2v) is 7.66. The van der Waals surface area contributed by atoms with Crippen molar-refractivity contribution in [3.05, 3.63) is 35.4 Å². The number of aromatic nitrogens is 3. The van der Waals surface area contributed by atoms with Crippen molar-refractivity contribution in [3.8, 4) is 17.3 Å². The second kappa shape index (κ2) is 9.41. The number of morpholine rings is 1. The van der Waals surface area contributed by atoms with Crippen LogP contribution in [0, 0.1) is 0 Å². The normalized spacial score (nSPS) is 14.9. The molecular weight excluding hydrogens is 438 g/mol. The number of ether oxygens (including phenoxy) is 2. The van der Waals surface area contributed by atoms with Crippen molar-refractivity contribution in [1.82, 2.24) is 20.3 Å². The number of aliphatic carboxylic acids is 1. The highest BCUT2D eigenvalue weighted by molar-refractivity contribution is 6.33. The number of anilines is 1. The number of benzene rings is 1. The van der Waals surface area contributed by atoms with Crippen LogP contribution in [0.5, 0.6) is 6.01 Å². The number of pyridine rings is 1. The molecule has 1 unspecified atom stereocenters. The molecule has 3 aromatic rings. The number of hydrogen-bond donors (Lipinski definition) is 3. The summed E-state index contributed by atoms with van der Waals surface area (Å²) in [6.45, 7) is 4.15. The van der Waals surface area contributed by atoms with Gasteiger partial charge in [0, 0.05) is 24.3 Å². The maximum Gasteiger partial charge on any atom is 0.322 e. The van der Waals surface area contributed by atoms with E-state index in [1.54, 1.807) is 6.07 Å². The van der Waals surface area contributed by atoms with Crippen molar-refractivity contribution in [2.75, 3.05) is 37.7 Å². The quantitative estimate of drug-likeness (QED) is 0.489. The number of carboxylic acid groups (broad SMARTS) is 1. The van der Waals surface area contributed by atoms with Gasteiger partial charge in [0.05, 0.1) is 29.4 Å². The van der Waals surface area contributed by atoms with Crippen LogP contribution in [0.15, 0.2) is 30.3 Å². The lowest BCUT2D eigenvalue weighted by molar-refractivity contribution is -0.139. The molecule has 0 bridgehead atoms. The Morgan fingerprint density at radius 2 is 2.00 bits per heavy atom. The second-order valence-electron chi connectivity index (χ2n) is 7.25. The molecular formula is C21H22ClN5O5. The van der Waals surface area contributed by atoms with E-state index < -0.39 is 24.5 Å². The summed E-state index contributed by atoms with van der Waals surface area (Å²) in [5, 5.41) is 11.3. The largest absolute Gasteiger partial charge is 0.480 e. The van der Waals surface area contributed by atoms with E-state index in [4.69, 9.17) is 26.2 Å². The summed E-state index contributed by atoms with van der Waals surface area (Å²) in [5.74, 6) is -1.71. The Kier molecular flexibility index (Phi) is 6.42. The number of nitrogens with one attached hydrogen (secondary N) is 2. The van der Waals surface area contributed by atoms with Crippen molar-refractivity contribution >= 4 is 40.3 Å². The number of imidazole rings is 1. The van der Waals surface area contributed by atoms with Crippen LogP contribution in [0.1, 0.15) is 6.92 Å². The van der Waals surface area contributed by atoms with Gasteiger partial charge in [-0.3, -0.25) is 9.59 Å². The number of rotatable bonds is 7. The van der Waals surface area contributed by atoms with Gasteiger partial charge in [-0.15, -0.1) is 0 Å². The topological polar surface area (TPSA) is 130 Å². The summed E-state index contributed by atoms with van der Waals surface area (Å²) in [6, 6.07) is 9.76. The van der Waals surface area contributed by atoms with E-state index in [1.165, 1.54) is 6.92 Å². The number of carbonyl (C=O) groups excluding carboxylic acids is 1. The first-order valence-electron chi connectivity index (χ1n) is 10.1. The fourth-order valence-corrected chi connectivity index (χ4v) is 3.59. The highest BCUT2D eigenvalue weighted by Gasteiger charge is 2.19. The molecule has 1 aliphatic heterocycles. The van der Waals surface area contributed by atoms with Gasteiger partial charge in [-0.25, -0.2) is 4.98 Å². The predicted octanol–water partition coefficient (Wildman–Crippen LogP) is 2.08. The van der Waals surface area contributed by atoms with Gasteiger partial charge in [0.2, 0.25) is 0 Å². The fourth-order valence-electron chi connectivity index (χ4n) is 3.33. The van der Waals surface area contributed by atoms with Crippen LogP contribution < -0.4 is 15.0 Å². The highest BCUT2D eigenvalue weighted by atomic mass is 35.5. The van der Waals surface area contributed by atoms with Crippen LogP contribution in [0.4, 0.5) is 5.69 Å². The third kappa shape index (κ3) is 4.92. The molecule has 3 heterocycles. The van der Waals surface area contributed by atoms with Gasteiger partial charge in [-0.05, 0) is 25.1 Å². The number of carboxylic acids is 1. The molecule has 0 spiro atoms. The molecule has 0 saturated carbocycles. The number of amides is 1. The van der Waals surface area contributed by atoms with Crippen molar-refractivity contribution in [3.63, 3.8) is 0 Å². The van der Waals surface area contributed by atoms with Gasteiger partial charge < -0.3 is 29.8 Å². The van der Waals surface area contributed by atoms with E-state index in [-0.39, 0.29) is 6.01 Å².